The second-order valence-electron chi connectivity index (χ2n) is 7.87. The maximum absolute atomic E-state index is 6.72. The molecule has 0 amide bonds. The van der Waals surface area contributed by atoms with E-state index in [4.69, 9.17) is 27.3 Å². The van der Waals surface area contributed by atoms with Crippen LogP contribution in [0.15, 0.2) is 34.7 Å². The lowest BCUT2D eigenvalue weighted by atomic mass is 9.94. The van der Waals surface area contributed by atoms with Crippen molar-refractivity contribution in [2.45, 2.75) is 42.8 Å². The lowest BCUT2D eigenvalue weighted by Gasteiger charge is -2.36. The number of aryl methyl sites for hydroxylation is 1. The van der Waals surface area contributed by atoms with E-state index in [2.05, 4.69) is 38.7 Å². The molecule has 1 fully saturated rings. The summed E-state index contributed by atoms with van der Waals surface area (Å²) in [7, 11) is 0. The van der Waals surface area contributed by atoms with Crippen molar-refractivity contribution in [1.82, 2.24) is 29.9 Å². The highest BCUT2D eigenvalue weighted by atomic mass is 35.5. The number of nitrogens with one attached hydrogen (secondary N) is 1. The normalized spacial score (nSPS) is 19.4. The number of nitrogens with two attached hydrogens (primary N) is 1. The summed E-state index contributed by atoms with van der Waals surface area (Å²) in [6.07, 6.45) is 6.88. The van der Waals surface area contributed by atoms with Gasteiger partial charge in [-0.05, 0) is 36.6 Å². The molecule has 0 aliphatic carbocycles. The molecule has 10 heteroatoms. The molecule has 2 atom stereocenters. The molecule has 0 bridgehead atoms. The summed E-state index contributed by atoms with van der Waals surface area (Å²) in [5.41, 5.74) is 9.44. The Morgan fingerprint density at radius 3 is 2.90 bits per heavy atom. The van der Waals surface area contributed by atoms with Crippen molar-refractivity contribution in [2.75, 3.05) is 18.0 Å². The number of rotatable bonds is 4. The summed E-state index contributed by atoms with van der Waals surface area (Å²) in [5.74, 6) is 1.32. The first kappa shape index (κ1) is 20.4. The molecule has 4 aromatic rings. The highest BCUT2D eigenvalue weighted by Crippen LogP contribution is 2.37. The number of aromatic nitrogens is 6. The Labute approximate surface area is 189 Å². The molecule has 31 heavy (non-hydrogen) atoms. The lowest BCUT2D eigenvalue weighted by Crippen LogP contribution is -2.48. The number of fused-ring (bicyclic) bond motifs is 2. The van der Waals surface area contributed by atoms with Crippen LogP contribution in [-0.2, 0) is 6.42 Å². The molecule has 8 nitrogen and oxygen atoms in total. The largest absolute Gasteiger partial charge is 0.354 e. The van der Waals surface area contributed by atoms with Crippen LogP contribution in [-0.4, -0.2) is 49.0 Å². The van der Waals surface area contributed by atoms with Crippen LogP contribution in [0.25, 0.3) is 22.2 Å². The third-order valence-corrected chi connectivity index (χ3v) is 7.04. The summed E-state index contributed by atoms with van der Waals surface area (Å²) in [6, 6.07) is 2.05. The van der Waals surface area contributed by atoms with Crippen LogP contribution < -0.4 is 10.6 Å². The first-order valence-corrected chi connectivity index (χ1v) is 11.6. The number of aromatic amines is 1. The molecule has 0 saturated carbocycles. The highest BCUT2D eigenvalue weighted by Gasteiger charge is 2.28. The lowest BCUT2D eigenvalue weighted by molar-refractivity contribution is 0.378. The van der Waals surface area contributed by atoms with Crippen molar-refractivity contribution in [3.63, 3.8) is 0 Å². The zero-order chi connectivity index (χ0) is 21.5. The number of piperidine rings is 1. The summed E-state index contributed by atoms with van der Waals surface area (Å²) < 4.78 is 0. The van der Waals surface area contributed by atoms with Gasteiger partial charge in [0.15, 0.2) is 10.8 Å². The van der Waals surface area contributed by atoms with Gasteiger partial charge in [0.25, 0.3) is 0 Å². The van der Waals surface area contributed by atoms with Gasteiger partial charge < -0.3 is 15.6 Å². The van der Waals surface area contributed by atoms with Gasteiger partial charge in [0, 0.05) is 48.3 Å². The van der Waals surface area contributed by atoms with Crippen molar-refractivity contribution < 1.29 is 0 Å². The van der Waals surface area contributed by atoms with Crippen molar-refractivity contribution in [2.24, 2.45) is 11.7 Å². The zero-order valence-corrected chi connectivity index (χ0v) is 18.9. The van der Waals surface area contributed by atoms with Crippen LogP contribution in [0, 0.1) is 5.92 Å². The summed E-state index contributed by atoms with van der Waals surface area (Å²) >= 11 is 8.17. The van der Waals surface area contributed by atoms with Crippen molar-refractivity contribution in [1.29, 1.82) is 0 Å². The van der Waals surface area contributed by atoms with Gasteiger partial charge in [-0.25, -0.2) is 19.9 Å². The van der Waals surface area contributed by atoms with E-state index in [1.54, 1.807) is 18.6 Å². The minimum atomic E-state index is 0.0986. The van der Waals surface area contributed by atoms with Gasteiger partial charge in [0.2, 0.25) is 0 Å². The number of hydrogen-bond acceptors (Lipinski definition) is 8. The molecule has 4 aromatic heterocycles. The molecule has 0 radical (unpaired) electrons. The number of pyridine rings is 1. The average molecular weight is 455 g/mol. The van der Waals surface area contributed by atoms with Gasteiger partial charge in [-0.2, -0.15) is 0 Å². The highest BCUT2D eigenvalue weighted by molar-refractivity contribution is 7.99. The van der Waals surface area contributed by atoms with E-state index < -0.39 is 0 Å². The Balaban J connectivity index is 1.58. The molecule has 1 aliphatic rings. The minimum Gasteiger partial charge on any atom is -0.354 e. The third-order valence-electron chi connectivity index (χ3n) is 5.80. The quantitative estimate of drug-likeness (QED) is 0.447. The standard InChI is InChI=1S/C21H23ClN8S/c1-3-14-17(22)16-19(27-14)28-21(29-20(16)30-7-4-11(2)13(23)10-30)31-12-8-15-18(26-9-12)25-6-5-24-15/h5-6,8-9,11,13H,3-4,7,10,23H2,1-2H3,(H,27,28,29). The molecule has 5 heterocycles. The second kappa shape index (κ2) is 8.22. The van der Waals surface area contributed by atoms with Gasteiger partial charge in [-0.15, -0.1) is 0 Å². The molecule has 1 saturated heterocycles. The maximum atomic E-state index is 6.72. The molecular weight excluding hydrogens is 432 g/mol. The Hall–Kier alpha value is -2.49. The fraction of sp³-hybridized carbons (Fsp3) is 0.381. The Morgan fingerprint density at radius 2 is 2.10 bits per heavy atom. The maximum Gasteiger partial charge on any atom is 0.196 e. The molecule has 2 unspecified atom stereocenters. The Kier molecular flexibility index (Phi) is 5.41. The van der Waals surface area contributed by atoms with E-state index in [-0.39, 0.29) is 6.04 Å². The predicted octanol–water partition coefficient (Wildman–Crippen LogP) is 3.84. The van der Waals surface area contributed by atoms with Crippen LogP contribution in [0.1, 0.15) is 26.0 Å². The van der Waals surface area contributed by atoms with E-state index in [1.807, 2.05) is 6.07 Å². The number of H-pyrrole nitrogens is 1. The number of hydrogen-bond donors (Lipinski definition) is 2. The third kappa shape index (κ3) is 3.81. The van der Waals surface area contributed by atoms with Crippen LogP contribution in [0.2, 0.25) is 5.02 Å². The predicted molar refractivity (Wildman–Crippen MR) is 124 cm³/mol. The van der Waals surface area contributed by atoms with Gasteiger partial charge in [0.05, 0.1) is 10.4 Å². The molecule has 1 aliphatic heterocycles. The van der Waals surface area contributed by atoms with E-state index >= 15 is 0 Å². The van der Waals surface area contributed by atoms with Gasteiger partial charge in [0.1, 0.15) is 17.0 Å². The van der Waals surface area contributed by atoms with Gasteiger partial charge in [-0.1, -0.05) is 25.4 Å². The molecule has 0 aromatic carbocycles. The molecule has 0 spiro atoms. The minimum absolute atomic E-state index is 0.0986. The summed E-state index contributed by atoms with van der Waals surface area (Å²) in [6.45, 7) is 5.90. The van der Waals surface area contributed by atoms with Crippen LogP contribution in [0.5, 0.6) is 0 Å². The Morgan fingerprint density at radius 1 is 1.26 bits per heavy atom. The smallest absolute Gasteiger partial charge is 0.196 e. The van der Waals surface area contributed by atoms with E-state index in [0.717, 1.165) is 58.9 Å². The first-order valence-electron chi connectivity index (χ1n) is 10.4. The van der Waals surface area contributed by atoms with Crippen molar-refractivity contribution in [3.8, 4) is 0 Å². The average Bonchev–Trinajstić information content (AvgIpc) is 3.10. The number of halogens is 1. The topological polar surface area (TPSA) is 109 Å². The van der Waals surface area contributed by atoms with Crippen LogP contribution in [0.3, 0.4) is 0 Å². The molecule has 3 N–H and O–H groups in total. The van der Waals surface area contributed by atoms with E-state index in [9.17, 15) is 0 Å². The SMILES string of the molecule is CCc1[nH]c2nc(Sc3cnc4nccnc4c3)nc(N3CCC(C)C(N)C3)c2c1Cl. The number of anilines is 1. The Bertz CT molecular complexity index is 1260. The van der Waals surface area contributed by atoms with Gasteiger partial charge >= 0.3 is 0 Å². The zero-order valence-electron chi connectivity index (χ0n) is 17.3. The fourth-order valence-corrected chi connectivity index (χ4v) is 4.99. The molecule has 160 valence electrons. The van der Waals surface area contributed by atoms with Crippen molar-refractivity contribution in [3.05, 3.63) is 35.4 Å². The fourth-order valence-electron chi connectivity index (χ4n) is 3.88. The van der Waals surface area contributed by atoms with E-state index in [0.29, 0.717) is 21.7 Å². The van der Waals surface area contributed by atoms with E-state index in [1.165, 1.54) is 11.8 Å². The number of nitrogens with zero attached hydrogens (tertiary/aromatic N) is 6. The van der Waals surface area contributed by atoms with Crippen molar-refractivity contribution >= 4 is 51.4 Å². The summed E-state index contributed by atoms with van der Waals surface area (Å²) in [4.78, 5) is 29.2. The monoisotopic (exact) mass is 454 g/mol. The van der Waals surface area contributed by atoms with Gasteiger partial charge in [-0.3, -0.25) is 4.98 Å². The molecular formula is C21H23ClN8S. The van der Waals surface area contributed by atoms with Crippen LogP contribution >= 0.6 is 23.4 Å². The van der Waals surface area contributed by atoms with Crippen LogP contribution in [0.4, 0.5) is 5.82 Å². The molecule has 5 rings (SSSR count). The first-order chi connectivity index (χ1) is 15.0. The second-order valence-corrected chi connectivity index (χ2v) is 9.29. The summed E-state index contributed by atoms with van der Waals surface area (Å²) in [5, 5.41) is 2.19.